The van der Waals surface area contributed by atoms with Crippen LogP contribution in [-0.4, -0.2) is 53.8 Å². The van der Waals surface area contributed by atoms with Gasteiger partial charge in [-0.1, -0.05) is 12.1 Å². The maximum Gasteiger partial charge on any atom is 0.194 e. The van der Waals surface area contributed by atoms with Gasteiger partial charge in [-0.2, -0.15) is 0 Å². The van der Waals surface area contributed by atoms with Crippen LogP contribution in [-0.2, 0) is 18.3 Å². The third-order valence-electron chi connectivity index (χ3n) is 4.57. The zero-order valence-corrected chi connectivity index (χ0v) is 14.8. The standard InChI is InChI=1S/C18H27N5O/c1-4-19-18(23-10-9-14(12-23)13-24-3)20-11-17-21-15-7-5-6-8-16(15)22(17)2/h5-8,14H,4,9-13H2,1-3H3,(H,19,20). The first-order valence-corrected chi connectivity index (χ1v) is 8.65. The summed E-state index contributed by atoms with van der Waals surface area (Å²) in [4.78, 5) is 11.9. The van der Waals surface area contributed by atoms with Crippen molar-refractivity contribution in [1.82, 2.24) is 19.8 Å². The molecule has 2 heterocycles. The van der Waals surface area contributed by atoms with Gasteiger partial charge in [-0.15, -0.1) is 0 Å². The van der Waals surface area contributed by atoms with Gasteiger partial charge in [0.2, 0.25) is 0 Å². The van der Waals surface area contributed by atoms with E-state index in [4.69, 9.17) is 14.7 Å². The van der Waals surface area contributed by atoms with Gasteiger partial charge >= 0.3 is 0 Å². The summed E-state index contributed by atoms with van der Waals surface area (Å²) in [6.07, 6.45) is 1.16. The number of imidazole rings is 1. The molecule has 1 aliphatic heterocycles. The molecule has 6 nitrogen and oxygen atoms in total. The zero-order chi connectivity index (χ0) is 16.9. The van der Waals surface area contributed by atoms with Crippen LogP contribution in [0.15, 0.2) is 29.3 Å². The molecule has 1 aromatic heterocycles. The summed E-state index contributed by atoms with van der Waals surface area (Å²) in [7, 11) is 3.82. The quantitative estimate of drug-likeness (QED) is 0.673. The fourth-order valence-corrected chi connectivity index (χ4v) is 3.31. The van der Waals surface area contributed by atoms with E-state index in [9.17, 15) is 0 Å². The molecule has 1 aromatic carbocycles. The number of aliphatic imine (C=N–C) groups is 1. The summed E-state index contributed by atoms with van der Waals surface area (Å²) < 4.78 is 7.42. The normalized spacial score (nSPS) is 18.5. The van der Waals surface area contributed by atoms with E-state index in [0.717, 1.165) is 55.5 Å². The van der Waals surface area contributed by atoms with Crippen LogP contribution in [0.4, 0.5) is 0 Å². The fraction of sp³-hybridized carbons (Fsp3) is 0.556. The second kappa shape index (κ2) is 7.66. The highest BCUT2D eigenvalue weighted by molar-refractivity contribution is 5.80. The number of hydrogen-bond donors (Lipinski definition) is 1. The average molecular weight is 329 g/mol. The number of rotatable bonds is 5. The Kier molecular flexibility index (Phi) is 5.35. The minimum absolute atomic E-state index is 0.582. The van der Waals surface area contributed by atoms with Crippen LogP contribution in [0, 0.1) is 5.92 Å². The number of aryl methyl sites for hydroxylation is 1. The SMILES string of the molecule is CCNC(=NCc1nc2ccccc2n1C)N1CCC(COC)C1. The molecule has 0 spiro atoms. The molecule has 6 heteroatoms. The van der Waals surface area contributed by atoms with Gasteiger partial charge in [0, 0.05) is 39.7 Å². The van der Waals surface area contributed by atoms with E-state index in [-0.39, 0.29) is 0 Å². The molecular weight excluding hydrogens is 302 g/mol. The zero-order valence-electron chi connectivity index (χ0n) is 14.8. The second-order valence-corrected chi connectivity index (χ2v) is 6.30. The van der Waals surface area contributed by atoms with Crippen molar-refractivity contribution < 1.29 is 4.74 Å². The number of hydrogen-bond acceptors (Lipinski definition) is 3. The lowest BCUT2D eigenvalue weighted by molar-refractivity contribution is 0.157. The molecule has 3 rings (SSSR count). The molecule has 0 aliphatic carbocycles. The topological polar surface area (TPSA) is 54.7 Å². The van der Waals surface area contributed by atoms with Crippen molar-refractivity contribution in [1.29, 1.82) is 0 Å². The van der Waals surface area contributed by atoms with Crippen molar-refractivity contribution in [2.45, 2.75) is 19.9 Å². The van der Waals surface area contributed by atoms with Crippen molar-refractivity contribution in [3.63, 3.8) is 0 Å². The van der Waals surface area contributed by atoms with E-state index in [1.165, 1.54) is 0 Å². The highest BCUT2D eigenvalue weighted by Crippen LogP contribution is 2.18. The first-order valence-electron chi connectivity index (χ1n) is 8.65. The molecular formula is C18H27N5O. The first-order chi connectivity index (χ1) is 11.7. The van der Waals surface area contributed by atoms with Crippen LogP contribution in [0.3, 0.4) is 0 Å². The van der Waals surface area contributed by atoms with Crippen molar-refractivity contribution in [2.75, 3.05) is 33.4 Å². The largest absolute Gasteiger partial charge is 0.384 e. The van der Waals surface area contributed by atoms with Gasteiger partial charge in [-0.05, 0) is 25.5 Å². The lowest BCUT2D eigenvalue weighted by Gasteiger charge is -2.21. The van der Waals surface area contributed by atoms with Crippen LogP contribution in [0.5, 0.6) is 0 Å². The molecule has 24 heavy (non-hydrogen) atoms. The Morgan fingerprint density at radius 2 is 2.25 bits per heavy atom. The fourth-order valence-electron chi connectivity index (χ4n) is 3.31. The molecule has 1 unspecified atom stereocenters. The molecule has 1 N–H and O–H groups in total. The Morgan fingerprint density at radius 1 is 1.42 bits per heavy atom. The summed E-state index contributed by atoms with van der Waals surface area (Å²) in [5, 5.41) is 3.41. The first kappa shape index (κ1) is 16.8. The molecule has 1 atom stereocenters. The molecule has 1 saturated heterocycles. The second-order valence-electron chi connectivity index (χ2n) is 6.30. The molecule has 2 aromatic rings. The third kappa shape index (κ3) is 3.53. The summed E-state index contributed by atoms with van der Waals surface area (Å²) >= 11 is 0. The van der Waals surface area contributed by atoms with Gasteiger partial charge < -0.3 is 19.5 Å². The Bertz CT molecular complexity index is 708. The molecule has 0 saturated carbocycles. The van der Waals surface area contributed by atoms with E-state index >= 15 is 0 Å². The highest BCUT2D eigenvalue weighted by atomic mass is 16.5. The number of ether oxygens (including phenoxy) is 1. The molecule has 1 aliphatic rings. The summed E-state index contributed by atoms with van der Waals surface area (Å²) in [6.45, 7) is 6.41. The number of guanidine groups is 1. The summed E-state index contributed by atoms with van der Waals surface area (Å²) in [5.74, 6) is 2.55. The van der Waals surface area contributed by atoms with E-state index in [1.807, 2.05) is 18.2 Å². The number of methoxy groups -OCH3 is 1. The van der Waals surface area contributed by atoms with Gasteiger partial charge in [0.25, 0.3) is 0 Å². The highest BCUT2D eigenvalue weighted by Gasteiger charge is 2.24. The van der Waals surface area contributed by atoms with Crippen molar-refractivity contribution >= 4 is 17.0 Å². The number of nitrogens with one attached hydrogen (secondary N) is 1. The van der Waals surface area contributed by atoms with Crippen LogP contribution in [0.2, 0.25) is 0 Å². The molecule has 0 radical (unpaired) electrons. The van der Waals surface area contributed by atoms with Gasteiger partial charge in [-0.3, -0.25) is 0 Å². The maximum absolute atomic E-state index is 5.29. The predicted molar refractivity (Wildman–Crippen MR) is 97.1 cm³/mol. The molecule has 130 valence electrons. The van der Waals surface area contributed by atoms with Crippen molar-refractivity contribution in [2.24, 2.45) is 18.0 Å². The predicted octanol–water partition coefficient (Wildman–Crippen LogP) is 2.01. The van der Waals surface area contributed by atoms with Crippen molar-refractivity contribution in [3.8, 4) is 0 Å². The number of para-hydroxylation sites is 2. The van der Waals surface area contributed by atoms with Gasteiger partial charge in [-0.25, -0.2) is 9.98 Å². The Labute approximate surface area is 143 Å². The van der Waals surface area contributed by atoms with E-state index in [2.05, 4.69) is 34.8 Å². The van der Waals surface area contributed by atoms with Crippen LogP contribution in [0.1, 0.15) is 19.2 Å². The minimum atomic E-state index is 0.582. The summed E-state index contributed by atoms with van der Waals surface area (Å²) in [5.41, 5.74) is 2.17. The Morgan fingerprint density at radius 3 is 3.00 bits per heavy atom. The summed E-state index contributed by atoms with van der Waals surface area (Å²) in [6, 6.07) is 8.20. The molecule has 0 amide bonds. The third-order valence-corrected chi connectivity index (χ3v) is 4.57. The Hall–Kier alpha value is -2.08. The van der Waals surface area contributed by atoms with Gasteiger partial charge in [0.15, 0.2) is 5.96 Å². The van der Waals surface area contributed by atoms with Crippen molar-refractivity contribution in [3.05, 3.63) is 30.1 Å². The lowest BCUT2D eigenvalue weighted by atomic mass is 10.1. The van der Waals surface area contributed by atoms with Crippen LogP contribution < -0.4 is 5.32 Å². The van der Waals surface area contributed by atoms with Gasteiger partial charge in [0.05, 0.1) is 17.6 Å². The monoisotopic (exact) mass is 329 g/mol. The molecule has 1 fully saturated rings. The number of likely N-dealkylation sites (tertiary alicyclic amines) is 1. The van der Waals surface area contributed by atoms with E-state index < -0.39 is 0 Å². The Balaban J connectivity index is 1.75. The number of benzene rings is 1. The van der Waals surface area contributed by atoms with Crippen LogP contribution in [0.25, 0.3) is 11.0 Å². The minimum Gasteiger partial charge on any atom is -0.384 e. The van der Waals surface area contributed by atoms with E-state index in [0.29, 0.717) is 12.5 Å². The van der Waals surface area contributed by atoms with Crippen LogP contribution >= 0.6 is 0 Å². The smallest absolute Gasteiger partial charge is 0.194 e. The number of fused-ring (bicyclic) bond motifs is 1. The lowest BCUT2D eigenvalue weighted by Crippen LogP contribution is -2.40. The molecule has 0 bridgehead atoms. The van der Waals surface area contributed by atoms with E-state index in [1.54, 1.807) is 7.11 Å². The average Bonchev–Trinajstić information content (AvgIpc) is 3.17. The number of nitrogens with zero attached hydrogens (tertiary/aromatic N) is 4. The maximum atomic E-state index is 5.29. The van der Waals surface area contributed by atoms with Gasteiger partial charge in [0.1, 0.15) is 12.4 Å². The number of aromatic nitrogens is 2.